The van der Waals surface area contributed by atoms with Gasteiger partial charge in [-0.3, -0.25) is 9.59 Å². The highest BCUT2D eigenvalue weighted by molar-refractivity contribution is 5.97. The molecule has 2 amide bonds. The van der Waals surface area contributed by atoms with Gasteiger partial charge in [0.15, 0.2) is 11.6 Å². The lowest BCUT2D eigenvalue weighted by Crippen LogP contribution is -2.53. The van der Waals surface area contributed by atoms with Crippen molar-refractivity contribution in [2.75, 3.05) is 24.5 Å². The molecule has 1 aliphatic heterocycles. The quantitative estimate of drug-likeness (QED) is 0.443. The molecule has 0 bridgehead atoms. The highest BCUT2D eigenvalue weighted by Crippen LogP contribution is 2.24. The molecular weight excluding hydrogens is 452 g/mol. The van der Waals surface area contributed by atoms with Crippen LogP contribution in [0, 0.1) is 11.6 Å². The number of para-hydroxylation sites is 1. The van der Waals surface area contributed by atoms with Crippen LogP contribution in [0.25, 0.3) is 22.8 Å². The number of aromatic nitrogens is 3. The maximum Gasteiger partial charge on any atom is 0.246 e. The van der Waals surface area contributed by atoms with Crippen molar-refractivity contribution < 1.29 is 18.4 Å². The molecule has 3 aromatic carbocycles. The van der Waals surface area contributed by atoms with E-state index >= 15 is 0 Å². The Balaban J connectivity index is 1.38. The molecule has 2 heterocycles. The molecule has 0 atom stereocenters. The predicted molar refractivity (Wildman–Crippen MR) is 126 cm³/mol. The summed E-state index contributed by atoms with van der Waals surface area (Å²) in [5, 5.41) is 4.47. The van der Waals surface area contributed by atoms with Gasteiger partial charge in [-0.25, -0.2) is 18.4 Å². The molecule has 5 rings (SSSR count). The van der Waals surface area contributed by atoms with Crippen LogP contribution in [0.15, 0.2) is 78.9 Å². The van der Waals surface area contributed by atoms with Gasteiger partial charge in [0.05, 0.1) is 0 Å². The van der Waals surface area contributed by atoms with Crippen molar-refractivity contribution in [1.82, 2.24) is 19.7 Å². The molecule has 0 unspecified atom stereocenters. The molecule has 1 aromatic heterocycles. The molecule has 1 saturated heterocycles. The van der Waals surface area contributed by atoms with Crippen molar-refractivity contribution in [3.8, 4) is 22.8 Å². The normalized spacial score (nSPS) is 13.8. The van der Waals surface area contributed by atoms with Gasteiger partial charge in [-0.05, 0) is 60.7 Å². The molecule has 9 heteroatoms. The molecular formula is C26H21F2N5O2. The van der Waals surface area contributed by atoms with E-state index in [1.54, 1.807) is 29.2 Å². The number of hydrogen-bond donors (Lipinski definition) is 0. The van der Waals surface area contributed by atoms with E-state index in [9.17, 15) is 18.4 Å². The summed E-state index contributed by atoms with van der Waals surface area (Å²) in [7, 11) is 0. The van der Waals surface area contributed by atoms with Crippen LogP contribution in [-0.2, 0) is 16.1 Å². The molecule has 1 fully saturated rings. The largest absolute Gasteiger partial charge is 0.330 e. The highest BCUT2D eigenvalue weighted by Gasteiger charge is 2.29. The van der Waals surface area contributed by atoms with Crippen molar-refractivity contribution in [2.45, 2.75) is 6.54 Å². The lowest BCUT2D eigenvalue weighted by Gasteiger charge is -2.34. The molecule has 0 N–H and O–H groups in total. The molecule has 35 heavy (non-hydrogen) atoms. The zero-order valence-electron chi connectivity index (χ0n) is 18.6. The molecule has 0 spiro atoms. The molecule has 1 aliphatic rings. The molecule has 0 radical (unpaired) electrons. The number of carbonyl (C=O) groups is 2. The van der Waals surface area contributed by atoms with Crippen molar-refractivity contribution in [3.05, 3.63) is 90.5 Å². The Morgan fingerprint density at radius 2 is 1.46 bits per heavy atom. The van der Waals surface area contributed by atoms with Crippen molar-refractivity contribution in [3.63, 3.8) is 0 Å². The summed E-state index contributed by atoms with van der Waals surface area (Å²) < 4.78 is 28.3. The number of amides is 2. The number of carbonyl (C=O) groups excluding carboxylic acids is 2. The highest BCUT2D eigenvalue weighted by atomic mass is 19.1. The second-order valence-corrected chi connectivity index (χ2v) is 8.13. The molecule has 0 aliphatic carbocycles. The second-order valence-electron chi connectivity index (χ2n) is 8.13. The average Bonchev–Trinajstić information content (AvgIpc) is 3.29. The lowest BCUT2D eigenvalue weighted by molar-refractivity contribution is -0.137. The second kappa shape index (κ2) is 9.46. The van der Waals surface area contributed by atoms with E-state index in [0.29, 0.717) is 35.9 Å². The Labute approximate surface area is 200 Å². The van der Waals surface area contributed by atoms with E-state index in [2.05, 4.69) is 10.1 Å². The van der Waals surface area contributed by atoms with Crippen LogP contribution in [0.1, 0.15) is 0 Å². The third kappa shape index (κ3) is 4.79. The maximum absolute atomic E-state index is 13.5. The summed E-state index contributed by atoms with van der Waals surface area (Å²) in [6.45, 7) is 0.571. The standard InChI is InChI=1S/C26H21F2N5O2/c27-20-10-6-18(7-11-20)25-29-26(19-8-12-21(28)13-9-19)33(30-25)17-23(34)31-14-15-32(24(35)16-31)22-4-2-1-3-5-22/h1-13H,14-17H2. The van der Waals surface area contributed by atoms with Crippen LogP contribution in [0.2, 0.25) is 0 Å². The topological polar surface area (TPSA) is 71.3 Å². The number of piperazine rings is 1. The fourth-order valence-corrected chi connectivity index (χ4v) is 3.98. The van der Waals surface area contributed by atoms with Gasteiger partial charge in [-0.2, -0.15) is 0 Å². The average molecular weight is 473 g/mol. The van der Waals surface area contributed by atoms with Crippen molar-refractivity contribution in [1.29, 1.82) is 0 Å². The van der Waals surface area contributed by atoms with E-state index < -0.39 is 5.82 Å². The van der Waals surface area contributed by atoms with E-state index in [0.717, 1.165) is 5.69 Å². The van der Waals surface area contributed by atoms with Crippen LogP contribution in [0.5, 0.6) is 0 Å². The summed E-state index contributed by atoms with van der Waals surface area (Å²) in [4.78, 5) is 33.6. The third-order valence-electron chi connectivity index (χ3n) is 5.80. The summed E-state index contributed by atoms with van der Waals surface area (Å²) in [6, 6.07) is 20.7. The number of benzene rings is 3. The van der Waals surface area contributed by atoms with Crippen LogP contribution in [-0.4, -0.2) is 51.1 Å². The number of nitrogens with zero attached hydrogens (tertiary/aromatic N) is 5. The monoisotopic (exact) mass is 473 g/mol. The third-order valence-corrected chi connectivity index (χ3v) is 5.80. The molecule has 176 valence electrons. The van der Waals surface area contributed by atoms with Crippen molar-refractivity contribution in [2.24, 2.45) is 0 Å². The first-order chi connectivity index (χ1) is 17.0. The van der Waals surface area contributed by atoms with Gasteiger partial charge in [-0.1, -0.05) is 18.2 Å². The Kier molecular flexibility index (Phi) is 6.05. The first-order valence-electron chi connectivity index (χ1n) is 11.1. The van der Waals surface area contributed by atoms with Gasteiger partial charge in [0, 0.05) is 29.9 Å². The van der Waals surface area contributed by atoms with Crippen LogP contribution < -0.4 is 4.90 Å². The van der Waals surface area contributed by atoms with E-state index in [1.165, 1.54) is 33.8 Å². The summed E-state index contributed by atoms with van der Waals surface area (Å²) >= 11 is 0. The fourth-order valence-electron chi connectivity index (χ4n) is 3.98. The first kappa shape index (κ1) is 22.4. The Morgan fingerprint density at radius 3 is 2.09 bits per heavy atom. The Morgan fingerprint density at radius 1 is 0.829 bits per heavy atom. The number of anilines is 1. The first-order valence-corrected chi connectivity index (χ1v) is 11.1. The summed E-state index contributed by atoms with van der Waals surface area (Å²) in [5.74, 6) is -0.565. The minimum Gasteiger partial charge on any atom is -0.330 e. The minimum atomic E-state index is -0.399. The van der Waals surface area contributed by atoms with Gasteiger partial charge in [0.25, 0.3) is 0 Å². The summed E-state index contributed by atoms with van der Waals surface area (Å²) in [5.41, 5.74) is 1.95. The smallest absolute Gasteiger partial charge is 0.246 e. The SMILES string of the molecule is O=C(Cn1nc(-c2ccc(F)cc2)nc1-c1ccc(F)cc1)N1CCN(c2ccccc2)C(=O)C1. The summed E-state index contributed by atoms with van der Waals surface area (Å²) in [6.07, 6.45) is 0. The number of hydrogen-bond acceptors (Lipinski definition) is 4. The molecule has 7 nitrogen and oxygen atoms in total. The van der Waals surface area contributed by atoms with Crippen LogP contribution in [0.4, 0.5) is 14.5 Å². The van der Waals surface area contributed by atoms with Gasteiger partial charge in [0.2, 0.25) is 11.8 Å². The van der Waals surface area contributed by atoms with Gasteiger partial charge < -0.3 is 9.80 Å². The zero-order chi connectivity index (χ0) is 24.4. The van der Waals surface area contributed by atoms with Crippen LogP contribution >= 0.6 is 0 Å². The number of rotatable bonds is 5. The van der Waals surface area contributed by atoms with Crippen molar-refractivity contribution >= 4 is 17.5 Å². The number of halogens is 2. The fraction of sp³-hybridized carbons (Fsp3) is 0.154. The van der Waals surface area contributed by atoms with Gasteiger partial charge in [-0.15, -0.1) is 5.10 Å². The zero-order valence-corrected chi connectivity index (χ0v) is 18.6. The maximum atomic E-state index is 13.5. The van der Waals surface area contributed by atoms with E-state index in [-0.39, 0.29) is 30.7 Å². The Hall–Kier alpha value is -4.40. The molecule has 0 saturated carbocycles. The predicted octanol–water partition coefficient (Wildman–Crippen LogP) is 3.77. The van der Waals surface area contributed by atoms with E-state index in [1.807, 2.05) is 30.3 Å². The lowest BCUT2D eigenvalue weighted by atomic mass is 10.2. The Bertz CT molecular complexity index is 1360. The minimum absolute atomic E-state index is 0.0425. The van der Waals surface area contributed by atoms with Gasteiger partial charge >= 0.3 is 0 Å². The molecule has 4 aromatic rings. The van der Waals surface area contributed by atoms with E-state index in [4.69, 9.17) is 0 Å². The van der Waals surface area contributed by atoms with Crippen LogP contribution in [0.3, 0.4) is 0 Å². The van der Waals surface area contributed by atoms with Gasteiger partial charge in [0.1, 0.15) is 24.7 Å².